The van der Waals surface area contributed by atoms with Gasteiger partial charge in [-0.05, 0) is 38.4 Å². The van der Waals surface area contributed by atoms with Crippen molar-refractivity contribution in [1.82, 2.24) is 20.1 Å². The smallest absolute Gasteiger partial charge is 0.353 e. The Hall–Kier alpha value is -2.16. The zero-order valence-corrected chi connectivity index (χ0v) is 16.4. The van der Waals surface area contributed by atoms with E-state index in [2.05, 4.69) is 15.5 Å². The number of aromatic nitrogens is 3. The van der Waals surface area contributed by atoms with E-state index in [1.54, 1.807) is 4.57 Å². The highest BCUT2D eigenvalue weighted by molar-refractivity contribution is 7.71. The number of aromatic amines is 1. The van der Waals surface area contributed by atoms with Gasteiger partial charge in [-0.1, -0.05) is 36.2 Å². The number of aryl methyl sites for hydroxylation is 1. The number of rotatable bonds is 5. The van der Waals surface area contributed by atoms with Crippen molar-refractivity contribution in [3.05, 3.63) is 34.6 Å². The first-order chi connectivity index (χ1) is 13.2. The number of nitrogens with zero attached hydrogens (tertiary/aromatic N) is 2. The van der Waals surface area contributed by atoms with Crippen LogP contribution in [-0.2, 0) is 11.3 Å². The molecular formula is C19H23F3N4OS. The highest BCUT2D eigenvalue weighted by atomic mass is 32.1. The number of amides is 1. The van der Waals surface area contributed by atoms with Crippen LogP contribution < -0.4 is 5.32 Å². The van der Waals surface area contributed by atoms with Crippen molar-refractivity contribution in [2.45, 2.75) is 57.8 Å². The molecule has 28 heavy (non-hydrogen) atoms. The maximum Gasteiger partial charge on any atom is 0.391 e. The van der Waals surface area contributed by atoms with E-state index in [1.165, 1.54) is 0 Å². The van der Waals surface area contributed by atoms with E-state index in [4.69, 9.17) is 12.2 Å². The molecule has 1 fully saturated rings. The second-order valence-electron chi connectivity index (χ2n) is 7.29. The normalized spacial score (nSPS) is 20.1. The maximum absolute atomic E-state index is 12.9. The van der Waals surface area contributed by atoms with Crippen molar-refractivity contribution >= 4 is 18.1 Å². The SMILES string of the molecule is Cc1ccc(-c2n[nH]c(=S)n2CCC(=O)N[C@H]2CCC[C@H](C(F)(F)F)C2)cc1. The van der Waals surface area contributed by atoms with Gasteiger partial charge >= 0.3 is 6.18 Å². The molecule has 0 unspecified atom stereocenters. The van der Waals surface area contributed by atoms with Crippen molar-refractivity contribution in [2.24, 2.45) is 5.92 Å². The Morgan fingerprint density at radius 2 is 2.04 bits per heavy atom. The third kappa shape index (κ3) is 5.01. The van der Waals surface area contributed by atoms with E-state index >= 15 is 0 Å². The Labute approximate surface area is 166 Å². The molecule has 2 N–H and O–H groups in total. The molecule has 152 valence electrons. The van der Waals surface area contributed by atoms with Gasteiger partial charge in [0.1, 0.15) is 0 Å². The lowest BCUT2D eigenvalue weighted by molar-refractivity contribution is -0.184. The fraction of sp³-hybridized carbons (Fsp3) is 0.526. The molecule has 0 saturated heterocycles. The average Bonchev–Trinajstić information content (AvgIpc) is 3.01. The maximum atomic E-state index is 12.9. The summed E-state index contributed by atoms with van der Waals surface area (Å²) < 4.78 is 40.9. The summed E-state index contributed by atoms with van der Waals surface area (Å²) in [6.45, 7) is 2.29. The molecule has 1 heterocycles. The molecule has 0 spiro atoms. The fourth-order valence-corrected chi connectivity index (χ4v) is 3.80. The number of halogens is 3. The van der Waals surface area contributed by atoms with E-state index in [0.717, 1.165) is 11.1 Å². The van der Waals surface area contributed by atoms with E-state index in [9.17, 15) is 18.0 Å². The lowest BCUT2D eigenvalue weighted by Gasteiger charge is -2.31. The Kier molecular flexibility index (Phi) is 6.22. The Morgan fingerprint density at radius 3 is 2.71 bits per heavy atom. The molecule has 1 saturated carbocycles. The third-order valence-electron chi connectivity index (χ3n) is 5.13. The summed E-state index contributed by atoms with van der Waals surface area (Å²) in [5.41, 5.74) is 1.99. The number of alkyl halides is 3. The van der Waals surface area contributed by atoms with Crippen LogP contribution in [0.3, 0.4) is 0 Å². The lowest BCUT2D eigenvalue weighted by atomic mass is 9.85. The molecular weight excluding hydrogens is 389 g/mol. The Balaban J connectivity index is 1.60. The topological polar surface area (TPSA) is 62.7 Å². The number of carbonyl (C=O) groups excluding carboxylic acids is 1. The first-order valence-electron chi connectivity index (χ1n) is 9.32. The first kappa shape index (κ1) is 20.6. The number of hydrogen-bond donors (Lipinski definition) is 2. The standard InChI is InChI=1S/C19H23F3N4OS/c1-12-5-7-13(8-6-12)17-24-25-18(28)26(17)10-9-16(27)23-15-4-2-3-14(11-15)19(20,21)22/h5-8,14-15H,2-4,9-11H2,1H3,(H,23,27)(H,25,28)/t14-,15-/m0/s1. The van der Waals surface area contributed by atoms with Crippen LogP contribution in [0.25, 0.3) is 11.4 Å². The van der Waals surface area contributed by atoms with Gasteiger partial charge in [0.2, 0.25) is 5.91 Å². The average molecular weight is 412 g/mol. The number of hydrogen-bond acceptors (Lipinski definition) is 3. The molecule has 1 amide bonds. The zero-order chi connectivity index (χ0) is 20.3. The second kappa shape index (κ2) is 8.46. The summed E-state index contributed by atoms with van der Waals surface area (Å²) >= 11 is 5.26. The van der Waals surface area contributed by atoms with E-state index < -0.39 is 18.1 Å². The van der Waals surface area contributed by atoms with E-state index in [-0.39, 0.29) is 25.2 Å². The molecule has 1 aliphatic carbocycles. The molecule has 1 aromatic carbocycles. The van der Waals surface area contributed by atoms with Gasteiger partial charge in [-0.25, -0.2) is 0 Å². The minimum Gasteiger partial charge on any atom is -0.353 e. The highest BCUT2D eigenvalue weighted by Gasteiger charge is 2.42. The van der Waals surface area contributed by atoms with Crippen molar-refractivity contribution in [3.63, 3.8) is 0 Å². The summed E-state index contributed by atoms with van der Waals surface area (Å²) in [5, 5.41) is 9.72. The summed E-state index contributed by atoms with van der Waals surface area (Å²) in [4.78, 5) is 12.3. The number of carbonyl (C=O) groups is 1. The van der Waals surface area contributed by atoms with E-state index in [0.29, 0.717) is 30.0 Å². The monoisotopic (exact) mass is 412 g/mol. The molecule has 0 bridgehead atoms. The van der Waals surface area contributed by atoms with Crippen LogP contribution in [-0.4, -0.2) is 32.9 Å². The van der Waals surface area contributed by atoms with Crippen molar-refractivity contribution in [1.29, 1.82) is 0 Å². The van der Waals surface area contributed by atoms with Crippen molar-refractivity contribution in [3.8, 4) is 11.4 Å². The quantitative estimate of drug-likeness (QED) is 0.709. The van der Waals surface area contributed by atoms with Crippen molar-refractivity contribution < 1.29 is 18.0 Å². The first-order valence-corrected chi connectivity index (χ1v) is 9.73. The van der Waals surface area contributed by atoms with Gasteiger partial charge in [0.15, 0.2) is 10.6 Å². The Morgan fingerprint density at radius 1 is 1.32 bits per heavy atom. The second-order valence-corrected chi connectivity index (χ2v) is 7.68. The predicted octanol–water partition coefficient (Wildman–Crippen LogP) is 4.54. The largest absolute Gasteiger partial charge is 0.391 e. The molecule has 2 atom stereocenters. The summed E-state index contributed by atoms with van der Waals surface area (Å²) in [5.74, 6) is -0.972. The van der Waals surface area contributed by atoms with Gasteiger partial charge < -0.3 is 5.32 Å². The minimum absolute atomic E-state index is 0.0466. The third-order valence-corrected chi connectivity index (χ3v) is 5.44. The van der Waals surface area contributed by atoms with Gasteiger partial charge in [-0.15, -0.1) is 0 Å². The number of benzene rings is 1. The van der Waals surface area contributed by atoms with Gasteiger partial charge in [0.25, 0.3) is 0 Å². The molecule has 0 radical (unpaired) electrons. The molecule has 1 aliphatic rings. The van der Waals surface area contributed by atoms with Gasteiger partial charge in [-0.3, -0.25) is 14.5 Å². The predicted molar refractivity (Wildman–Crippen MR) is 102 cm³/mol. The van der Waals surface area contributed by atoms with Gasteiger partial charge in [0, 0.05) is 24.6 Å². The van der Waals surface area contributed by atoms with Crippen LogP contribution >= 0.6 is 12.2 Å². The van der Waals surface area contributed by atoms with Gasteiger partial charge in [0.05, 0.1) is 5.92 Å². The van der Waals surface area contributed by atoms with Crippen LogP contribution in [0.5, 0.6) is 0 Å². The zero-order valence-electron chi connectivity index (χ0n) is 15.6. The van der Waals surface area contributed by atoms with Crippen LogP contribution in [0, 0.1) is 17.6 Å². The number of nitrogens with one attached hydrogen (secondary N) is 2. The molecule has 5 nitrogen and oxygen atoms in total. The fourth-order valence-electron chi connectivity index (χ4n) is 3.58. The molecule has 0 aliphatic heterocycles. The van der Waals surface area contributed by atoms with Crippen LogP contribution in [0.4, 0.5) is 13.2 Å². The lowest BCUT2D eigenvalue weighted by Crippen LogP contribution is -2.41. The molecule has 2 aromatic rings. The van der Waals surface area contributed by atoms with Crippen LogP contribution in [0.15, 0.2) is 24.3 Å². The Bertz CT molecular complexity index is 873. The summed E-state index contributed by atoms with van der Waals surface area (Å²) in [6, 6.07) is 7.35. The number of H-pyrrole nitrogens is 1. The summed E-state index contributed by atoms with van der Waals surface area (Å²) in [7, 11) is 0. The van der Waals surface area contributed by atoms with Gasteiger partial charge in [-0.2, -0.15) is 18.3 Å². The summed E-state index contributed by atoms with van der Waals surface area (Å²) in [6.07, 6.45) is -2.93. The molecule has 1 aromatic heterocycles. The molecule has 3 rings (SSSR count). The highest BCUT2D eigenvalue weighted by Crippen LogP contribution is 2.37. The minimum atomic E-state index is -4.20. The van der Waals surface area contributed by atoms with Crippen LogP contribution in [0.2, 0.25) is 0 Å². The van der Waals surface area contributed by atoms with E-state index in [1.807, 2.05) is 31.2 Å². The molecule has 9 heteroatoms. The van der Waals surface area contributed by atoms with Crippen LogP contribution in [0.1, 0.15) is 37.7 Å². The van der Waals surface area contributed by atoms with Crippen molar-refractivity contribution in [2.75, 3.05) is 0 Å².